The monoisotopic (exact) mass is 295 g/mol. The minimum absolute atomic E-state index is 0.157. The van der Waals surface area contributed by atoms with Gasteiger partial charge >= 0.3 is 6.18 Å². The van der Waals surface area contributed by atoms with Gasteiger partial charge in [-0.2, -0.15) is 22.8 Å². The molecule has 0 N–H and O–H groups in total. The van der Waals surface area contributed by atoms with E-state index in [4.69, 9.17) is 4.52 Å². The number of alkyl halides is 3. The van der Waals surface area contributed by atoms with Crippen molar-refractivity contribution in [2.24, 2.45) is 0 Å². The molecule has 6 nitrogen and oxygen atoms in total. The maximum Gasteiger partial charge on any atom is 0.416 e. The Kier molecular flexibility index (Phi) is 2.30. The summed E-state index contributed by atoms with van der Waals surface area (Å²) in [7, 11) is 0. The van der Waals surface area contributed by atoms with Gasteiger partial charge in [-0.25, -0.2) is 4.98 Å². The molecule has 0 radical (unpaired) electrons. The van der Waals surface area contributed by atoms with Crippen LogP contribution < -0.4 is 4.90 Å². The number of hydrogen-bond acceptors (Lipinski definition) is 5. The number of pyridine rings is 1. The summed E-state index contributed by atoms with van der Waals surface area (Å²) in [5.41, 5.74) is 0.993. The SMILES string of the molecule is FC(F)(F)c1cc(N2Cc3conc3C2)n2ncnc2c1. The summed E-state index contributed by atoms with van der Waals surface area (Å²) in [6.07, 6.45) is -1.70. The second kappa shape index (κ2) is 3.96. The third-order valence-corrected chi connectivity index (χ3v) is 3.44. The van der Waals surface area contributed by atoms with Gasteiger partial charge in [-0.05, 0) is 12.1 Å². The Labute approximate surface area is 115 Å². The Balaban J connectivity index is 1.84. The molecule has 0 atom stereocenters. The quantitative estimate of drug-likeness (QED) is 0.689. The maximum atomic E-state index is 13.0. The molecule has 9 heteroatoms. The molecule has 1 aliphatic rings. The van der Waals surface area contributed by atoms with Gasteiger partial charge < -0.3 is 9.42 Å². The van der Waals surface area contributed by atoms with Crippen LogP contribution in [0.25, 0.3) is 5.65 Å². The van der Waals surface area contributed by atoms with Crippen molar-refractivity contribution in [1.29, 1.82) is 0 Å². The van der Waals surface area contributed by atoms with Crippen molar-refractivity contribution in [2.45, 2.75) is 19.3 Å². The van der Waals surface area contributed by atoms with Gasteiger partial charge in [0.15, 0.2) is 5.65 Å². The van der Waals surface area contributed by atoms with Gasteiger partial charge in [-0.1, -0.05) is 5.16 Å². The number of aromatic nitrogens is 4. The second-order valence-electron chi connectivity index (χ2n) is 4.77. The fourth-order valence-electron chi connectivity index (χ4n) is 2.44. The lowest BCUT2D eigenvalue weighted by Gasteiger charge is -2.19. The van der Waals surface area contributed by atoms with Gasteiger partial charge in [-0.15, -0.1) is 0 Å². The van der Waals surface area contributed by atoms with Crippen molar-refractivity contribution in [3.05, 3.63) is 41.5 Å². The van der Waals surface area contributed by atoms with E-state index in [1.807, 2.05) is 0 Å². The largest absolute Gasteiger partial charge is 0.416 e. The lowest BCUT2D eigenvalue weighted by molar-refractivity contribution is -0.137. The normalized spacial score (nSPS) is 14.9. The minimum atomic E-state index is -4.43. The van der Waals surface area contributed by atoms with Gasteiger partial charge in [0.05, 0.1) is 12.1 Å². The summed E-state index contributed by atoms with van der Waals surface area (Å²) < 4.78 is 45.2. The molecule has 0 spiro atoms. The molecule has 3 aromatic heterocycles. The molecule has 3 aromatic rings. The summed E-state index contributed by atoms with van der Waals surface area (Å²) >= 11 is 0. The number of nitrogens with zero attached hydrogens (tertiary/aromatic N) is 5. The molecule has 1 aliphatic heterocycles. The zero-order chi connectivity index (χ0) is 14.6. The van der Waals surface area contributed by atoms with Gasteiger partial charge in [0.1, 0.15) is 24.1 Å². The highest BCUT2D eigenvalue weighted by atomic mass is 19.4. The highest BCUT2D eigenvalue weighted by Gasteiger charge is 2.33. The van der Waals surface area contributed by atoms with Crippen LogP contribution in [0, 0.1) is 0 Å². The molecule has 4 heterocycles. The third kappa shape index (κ3) is 1.84. The van der Waals surface area contributed by atoms with Gasteiger partial charge in [-0.3, -0.25) is 0 Å². The van der Waals surface area contributed by atoms with E-state index in [1.54, 1.807) is 4.90 Å². The number of fused-ring (bicyclic) bond motifs is 2. The number of hydrogen-bond donors (Lipinski definition) is 0. The molecule has 0 unspecified atom stereocenters. The van der Waals surface area contributed by atoms with Crippen molar-refractivity contribution in [3.8, 4) is 0 Å². The molecule has 0 saturated carbocycles. The first-order valence-corrected chi connectivity index (χ1v) is 6.10. The molecular weight excluding hydrogens is 287 g/mol. The molecule has 0 aliphatic carbocycles. The topological polar surface area (TPSA) is 59.5 Å². The van der Waals surface area contributed by atoms with Crippen LogP contribution in [0.4, 0.5) is 19.0 Å². The molecule has 0 amide bonds. The zero-order valence-corrected chi connectivity index (χ0v) is 10.5. The predicted octanol–water partition coefficient (Wildman–Crippen LogP) is 2.26. The molecule has 108 valence electrons. The molecule has 21 heavy (non-hydrogen) atoms. The number of halogens is 3. The van der Waals surface area contributed by atoms with Crippen molar-refractivity contribution >= 4 is 11.5 Å². The summed E-state index contributed by atoms with van der Waals surface area (Å²) in [5.74, 6) is 0.329. The Hall–Kier alpha value is -2.58. The van der Waals surface area contributed by atoms with Crippen molar-refractivity contribution < 1.29 is 17.7 Å². The predicted molar refractivity (Wildman–Crippen MR) is 64.4 cm³/mol. The summed E-state index contributed by atoms with van der Waals surface area (Å²) in [4.78, 5) is 5.61. The van der Waals surface area contributed by atoms with E-state index in [1.165, 1.54) is 17.1 Å². The maximum absolute atomic E-state index is 13.0. The summed E-state index contributed by atoms with van der Waals surface area (Å²) in [6.45, 7) is 0.803. The van der Waals surface area contributed by atoms with Crippen LogP contribution >= 0.6 is 0 Å². The Morgan fingerprint density at radius 2 is 2.05 bits per heavy atom. The Morgan fingerprint density at radius 1 is 1.19 bits per heavy atom. The van der Waals surface area contributed by atoms with E-state index in [0.29, 0.717) is 18.9 Å². The molecule has 0 bridgehead atoms. The van der Waals surface area contributed by atoms with Crippen LogP contribution in [0.5, 0.6) is 0 Å². The van der Waals surface area contributed by atoms with E-state index in [-0.39, 0.29) is 5.65 Å². The van der Waals surface area contributed by atoms with E-state index in [2.05, 4.69) is 15.2 Å². The van der Waals surface area contributed by atoms with Crippen LogP contribution in [-0.2, 0) is 19.3 Å². The van der Waals surface area contributed by atoms with Crippen molar-refractivity contribution in [3.63, 3.8) is 0 Å². The summed E-state index contributed by atoms with van der Waals surface area (Å²) in [6, 6.07) is 2.05. The second-order valence-corrected chi connectivity index (χ2v) is 4.77. The van der Waals surface area contributed by atoms with E-state index >= 15 is 0 Å². The van der Waals surface area contributed by atoms with E-state index in [0.717, 1.165) is 23.4 Å². The first-order valence-electron chi connectivity index (χ1n) is 6.10. The van der Waals surface area contributed by atoms with Crippen molar-refractivity contribution in [2.75, 3.05) is 4.90 Å². The van der Waals surface area contributed by atoms with Crippen LogP contribution in [0.2, 0.25) is 0 Å². The molecule has 4 rings (SSSR count). The standard InChI is InChI=1S/C12H8F3N5O/c13-12(14,15)8-1-10-16-6-17-20(10)11(2-8)19-3-7-5-21-18-9(7)4-19/h1-2,5-6H,3-4H2. The zero-order valence-electron chi connectivity index (χ0n) is 10.5. The van der Waals surface area contributed by atoms with Crippen molar-refractivity contribution in [1.82, 2.24) is 19.8 Å². The minimum Gasteiger partial charge on any atom is -0.364 e. The van der Waals surface area contributed by atoms with E-state index in [9.17, 15) is 13.2 Å². The highest BCUT2D eigenvalue weighted by Crippen LogP contribution is 2.34. The number of anilines is 1. The number of rotatable bonds is 1. The Bertz CT molecular complexity index is 801. The molecule has 0 fully saturated rings. The van der Waals surface area contributed by atoms with Crippen LogP contribution in [0.15, 0.2) is 29.2 Å². The fourth-order valence-corrected chi connectivity index (χ4v) is 2.44. The Morgan fingerprint density at radius 3 is 2.81 bits per heavy atom. The van der Waals surface area contributed by atoms with Gasteiger partial charge in [0, 0.05) is 12.1 Å². The van der Waals surface area contributed by atoms with Crippen LogP contribution in [0.3, 0.4) is 0 Å². The van der Waals surface area contributed by atoms with Gasteiger partial charge in [0.25, 0.3) is 0 Å². The molecule has 0 saturated heterocycles. The fraction of sp³-hybridized carbons (Fsp3) is 0.250. The third-order valence-electron chi connectivity index (χ3n) is 3.44. The lowest BCUT2D eigenvalue weighted by Crippen LogP contribution is -2.20. The first-order chi connectivity index (χ1) is 10.0. The summed E-state index contributed by atoms with van der Waals surface area (Å²) in [5, 5.41) is 7.81. The smallest absolute Gasteiger partial charge is 0.364 e. The van der Waals surface area contributed by atoms with Crippen LogP contribution in [0.1, 0.15) is 16.8 Å². The van der Waals surface area contributed by atoms with Crippen LogP contribution in [-0.4, -0.2) is 19.8 Å². The average Bonchev–Trinajstić information content (AvgIpc) is 3.11. The average molecular weight is 295 g/mol. The first kappa shape index (κ1) is 12.2. The highest BCUT2D eigenvalue weighted by molar-refractivity contribution is 5.55. The molecular formula is C12H8F3N5O. The van der Waals surface area contributed by atoms with E-state index < -0.39 is 11.7 Å². The molecule has 0 aromatic carbocycles. The lowest BCUT2D eigenvalue weighted by atomic mass is 10.2. The van der Waals surface area contributed by atoms with Gasteiger partial charge in [0.2, 0.25) is 0 Å².